The highest BCUT2D eigenvalue weighted by atomic mass is 32.1. The number of aromatic nitrogens is 1. The molecule has 0 bridgehead atoms. The van der Waals surface area contributed by atoms with Crippen LogP contribution in [-0.2, 0) is 12.0 Å². The number of benzene rings is 1. The summed E-state index contributed by atoms with van der Waals surface area (Å²) in [5.74, 6) is -0.825. The number of nitrogens with zero attached hydrogens (tertiary/aromatic N) is 1. The Labute approximate surface area is 171 Å². The Hall–Kier alpha value is -2.29. The van der Waals surface area contributed by atoms with E-state index in [-0.39, 0.29) is 17.0 Å². The van der Waals surface area contributed by atoms with Crippen molar-refractivity contribution in [1.29, 1.82) is 0 Å². The van der Waals surface area contributed by atoms with E-state index in [1.54, 1.807) is 0 Å². The van der Waals surface area contributed by atoms with Gasteiger partial charge >= 0.3 is 0 Å². The van der Waals surface area contributed by atoms with Gasteiger partial charge in [0.2, 0.25) is 0 Å². The number of fused-ring (bicyclic) bond motifs is 2. The maximum Gasteiger partial charge on any atom is 0.285 e. The number of nitrogens with two attached hydrogens (primary N) is 2. The average Bonchev–Trinajstić information content (AvgIpc) is 3.14. The van der Waals surface area contributed by atoms with Crippen LogP contribution in [-0.4, -0.2) is 22.3 Å². The highest BCUT2D eigenvalue weighted by Gasteiger charge is 2.45. The van der Waals surface area contributed by atoms with Gasteiger partial charge in [-0.05, 0) is 45.4 Å². The Morgan fingerprint density at radius 2 is 1.89 bits per heavy atom. The van der Waals surface area contributed by atoms with Crippen LogP contribution in [0.5, 0.6) is 0 Å². The van der Waals surface area contributed by atoms with Crippen LogP contribution in [0.1, 0.15) is 58.3 Å². The van der Waals surface area contributed by atoms with E-state index < -0.39 is 5.91 Å². The number of quaternary nitrogens is 1. The van der Waals surface area contributed by atoms with Gasteiger partial charge in [-0.15, -0.1) is 22.7 Å². The van der Waals surface area contributed by atoms with Crippen LogP contribution >= 0.6 is 22.7 Å². The van der Waals surface area contributed by atoms with Crippen molar-refractivity contribution in [3.05, 3.63) is 45.3 Å². The molecule has 6 nitrogen and oxygen atoms in total. The van der Waals surface area contributed by atoms with Crippen LogP contribution < -0.4 is 16.4 Å². The van der Waals surface area contributed by atoms with Gasteiger partial charge in [-0.2, -0.15) is 0 Å². The van der Waals surface area contributed by atoms with E-state index in [1.807, 2.05) is 24.3 Å². The number of rotatable bonds is 3. The molecule has 1 aliphatic rings. The number of primary amides is 1. The predicted molar refractivity (Wildman–Crippen MR) is 113 cm³/mol. The van der Waals surface area contributed by atoms with Gasteiger partial charge in [0.1, 0.15) is 10.5 Å². The molecule has 0 radical (unpaired) electrons. The third-order valence-corrected chi connectivity index (χ3v) is 7.46. The molecule has 3 heterocycles. The van der Waals surface area contributed by atoms with Crippen molar-refractivity contribution < 1.29 is 14.9 Å². The lowest BCUT2D eigenvalue weighted by molar-refractivity contribution is -0.789. The maximum absolute atomic E-state index is 12.8. The molecule has 146 valence electrons. The van der Waals surface area contributed by atoms with Gasteiger partial charge in [0, 0.05) is 6.42 Å². The van der Waals surface area contributed by atoms with E-state index in [0.29, 0.717) is 15.6 Å². The van der Waals surface area contributed by atoms with Crippen LogP contribution in [0.4, 0.5) is 5.00 Å². The molecule has 0 spiro atoms. The van der Waals surface area contributed by atoms with Crippen LogP contribution in [0.15, 0.2) is 24.3 Å². The maximum atomic E-state index is 12.8. The largest absolute Gasteiger partial charge is 0.365 e. The molecule has 8 heteroatoms. The normalized spacial score (nSPS) is 17.3. The van der Waals surface area contributed by atoms with Crippen LogP contribution in [0.25, 0.3) is 10.2 Å². The van der Waals surface area contributed by atoms with Gasteiger partial charge in [0.05, 0.1) is 26.2 Å². The highest BCUT2D eigenvalue weighted by molar-refractivity contribution is 7.20. The second kappa shape index (κ2) is 6.37. The Morgan fingerprint density at radius 1 is 1.18 bits per heavy atom. The standard InChI is InChI=1S/C20H22N4O2S2/c1-19(2)9-10-13(15(21)25)17(28-14(10)20(3,4)24-19)23-16(26)18-22-11-7-5-6-8-12(11)27-18/h5-8,24H,9H2,1-4H3,(H2,21,25)(H,23,26)/p+1. The van der Waals surface area contributed by atoms with E-state index in [2.05, 4.69) is 43.3 Å². The van der Waals surface area contributed by atoms with E-state index in [1.165, 1.54) is 22.7 Å². The summed E-state index contributed by atoms with van der Waals surface area (Å²) in [7, 11) is 0. The zero-order valence-corrected chi connectivity index (χ0v) is 17.9. The van der Waals surface area contributed by atoms with E-state index in [4.69, 9.17) is 5.73 Å². The van der Waals surface area contributed by atoms with Gasteiger partial charge in [0.25, 0.3) is 11.8 Å². The number of carbonyl (C=O) groups is 2. The van der Waals surface area contributed by atoms with Gasteiger partial charge in [-0.25, -0.2) is 4.98 Å². The van der Waals surface area contributed by atoms with Gasteiger partial charge < -0.3 is 16.4 Å². The molecule has 1 aliphatic heterocycles. The zero-order valence-electron chi connectivity index (χ0n) is 16.3. The first-order valence-corrected chi connectivity index (χ1v) is 10.7. The van der Waals surface area contributed by atoms with Gasteiger partial charge in [-0.3, -0.25) is 9.59 Å². The molecule has 0 fully saturated rings. The van der Waals surface area contributed by atoms with Crippen molar-refractivity contribution in [2.24, 2.45) is 5.73 Å². The van der Waals surface area contributed by atoms with Crippen molar-refractivity contribution in [1.82, 2.24) is 4.98 Å². The summed E-state index contributed by atoms with van der Waals surface area (Å²) in [6.07, 6.45) is 0.720. The number of nitrogens with one attached hydrogen (secondary N) is 1. The molecule has 4 rings (SSSR count). The van der Waals surface area contributed by atoms with Crippen molar-refractivity contribution >= 4 is 49.7 Å². The molecule has 0 atom stereocenters. The second-order valence-corrected chi connectivity index (χ2v) is 10.5. The van der Waals surface area contributed by atoms with E-state index in [0.717, 1.165) is 27.1 Å². The van der Waals surface area contributed by atoms with Gasteiger partial charge in [0.15, 0.2) is 5.01 Å². The first kappa shape index (κ1) is 19.0. The van der Waals surface area contributed by atoms with Crippen molar-refractivity contribution in [2.45, 2.75) is 45.2 Å². The fourth-order valence-corrected chi connectivity index (χ4v) is 6.33. The lowest BCUT2D eigenvalue weighted by atomic mass is 9.81. The summed E-state index contributed by atoms with van der Waals surface area (Å²) in [6, 6.07) is 7.62. The summed E-state index contributed by atoms with van der Waals surface area (Å²) in [6.45, 7) is 8.57. The van der Waals surface area contributed by atoms with Crippen LogP contribution in [0.2, 0.25) is 0 Å². The molecular formula is C20H23N4O2S2+. The quantitative estimate of drug-likeness (QED) is 0.613. The molecule has 2 amide bonds. The van der Waals surface area contributed by atoms with E-state index >= 15 is 0 Å². The molecule has 5 N–H and O–H groups in total. The molecule has 1 aromatic carbocycles. The minimum atomic E-state index is -0.509. The first-order valence-electron chi connectivity index (χ1n) is 9.07. The van der Waals surface area contributed by atoms with Crippen LogP contribution in [0, 0.1) is 0 Å². The zero-order chi connectivity index (χ0) is 20.3. The van der Waals surface area contributed by atoms with Crippen molar-refractivity contribution in [3.8, 4) is 0 Å². The summed E-state index contributed by atoms with van der Waals surface area (Å²) in [5.41, 5.74) is 7.64. The number of hydrogen-bond acceptors (Lipinski definition) is 5. The second-order valence-electron chi connectivity index (χ2n) is 8.45. The Kier molecular flexibility index (Phi) is 4.33. The lowest BCUT2D eigenvalue weighted by Gasteiger charge is -2.38. The monoisotopic (exact) mass is 415 g/mol. The number of hydrogen-bond donors (Lipinski definition) is 3. The molecule has 2 aromatic heterocycles. The molecule has 0 saturated heterocycles. The van der Waals surface area contributed by atoms with Crippen molar-refractivity contribution in [3.63, 3.8) is 0 Å². The van der Waals surface area contributed by atoms with Gasteiger partial charge in [-0.1, -0.05) is 12.1 Å². The predicted octanol–water partition coefficient (Wildman–Crippen LogP) is 2.84. The summed E-state index contributed by atoms with van der Waals surface area (Å²) >= 11 is 2.77. The lowest BCUT2D eigenvalue weighted by Crippen LogP contribution is -3.03. The highest BCUT2D eigenvalue weighted by Crippen LogP contribution is 2.42. The fourth-order valence-electron chi connectivity index (χ4n) is 4.18. The summed E-state index contributed by atoms with van der Waals surface area (Å²) in [4.78, 5) is 30.6. The minimum absolute atomic E-state index is 0.0594. The van der Waals surface area contributed by atoms with Crippen LogP contribution in [0.3, 0.4) is 0 Å². The number of anilines is 1. The van der Waals surface area contributed by atoms with E-state index in [9.17, 15) is 9.59 Å². The number of para-hydroxylation sites is 1. The molecular weight excluding hydrogens is 392 g/mol. The average molecular weight is 416 g/mol. The first-order chi connectivity index (χ1) is 13.1. The molecule has 3 aromatic rings. The molecule has 0 saturated carbocycles. The molecule has 0 aliphatic carbocycles. The molecule has 0 unspecified atom stereocenters. The smallest absolute Gasteiger partial charge is 0.285 e. The Morgan fingerprint density at radius 3 is 2.57 bits per heavy atom. The molecule has 28 heavy (non-hydrogen) atoms. The third kappa shape index (κ3) is 3.21. The summed E-state index contributed by atoms with van der Waals surface area (Å²) in [5, 5.41) is 6.10. The fraction of sp³-hybridized carbons (Fsp3) is 0.350. The summed E-state index contributed by atoms with van der Waals surface area (Å²) < 4.78 is 0.950. The number of thiophene rings is 1. The SMILES string of the molecule is CC1(C)Cc2c(sc(NC(=O)c3nc4ccccc4s3)c2C(N)=O)C(C)(C)[NH2+]1. The topological polar surface area (TPSA) is 102 Å². The third-order valence-electron chi connectivity index (χ3n) is 4.94. The van der Waals surface area contributed by atoms with Crippen molar-refractivity contribution in [2.75, 3.05) is 5.32 Å². The Balaban J connectivity index is 1.75. The number of thiazole rings is 1. The number of carbonyl (C=O) groups excluding carboxylic acids is 2. The Bertz CT molecular complexity index is 1080. The minimum Gasteiger partial charge on any atom is -0.365 e. The number of amides is 2.